The normalized spacial score (nSPS) is 10.3. The summed E-state index contributed by atoms with van der Waals surface area (Å²) in [6, 6.07) is 8.82. The van der Waals surface area contributed by atoms with Crippen molar-refractivity contribution < 1.29 is 19.7 Å². The molecule has 4 nitrogen and oxygen atoms in total. The van der Waals surface area contributed by atoms with Crippen LogP contribution in [0.2, 0.25) is 0 Å². The zero-order valence-electron chi connectivity index (χ0n) is 11.5. The number of methoxy groups -OCH3 is 2. The maximum atomic E-state index is 10.1. The summed E-state index contributed by atoms with van der Waals surface area (Å²) in [6.07, 6.45) is 0.488. The van der Waals surface area contributed by atoms with Crippen molar-refractivity contribution in [3.05, 3.63) is 53.9 Å². The number of hydrogen-bond acceptors (Lipinski definition) is 4. The molecule has 2 aromatic carbocycles. The average molecular weight is 273 g/mol. The SMILES string of the molecule is [CH2]c1cc(Cc2cccc(OC)c2O)cc(OC)c1O. The molecule has 0 unspecified atom stereocenters. The molecule has 0 saturated heterocycles. The van der Waals surface area contributed by atoms with Crippen molar-refractivity contribution in [2.45, 2.75) is 6.42 Å². The first-order valence-electron chi connectivity index (χ1n) is 6.13. The Morgan fingerprint density at radius 2 is 1.70 bits per heavy atom. The zero-order valence-corrected chi connectivity index (χ0v) is 11.5. The van der Waals surface area contributed by atoms with E-state index in [0.29, 0.717) is 23.5 Å². The summed E-state index contributed by atoms with van der Waals surface area (Å²) < 4.78 is 10.2. The van der Waals surface area contributed by atoms with Crippen LogP contribution in [0.5, 0.6) is 23.0 Å². The predicted molar refractivity (Wildman–Crippen MR) is 76.6 cm³/mol. The van der Waals surface area contributed by atoms with Crippen LogP contribution in [0.4, 0.5) is 0 Å². The van der Waals surface area contributed by atoms with Crippen LogP contribution in [0.3, 0.4) is 0 Å². The Morgan fingerprint density at radius 1 is 1.00 bits per heavy atom. The van der Waals surface area contributed by atoms with Crippen LogP contribution in [-0.4, -0.2) is 24.4 Å². The van der Waals surface area contributed by atoms with Gasteiger partial charge in [-0.25, -0.2) is 0 Å². The number of hydrogen-bond donors (Lipinski definition) is 2. The number of para-hydroxylation sites is 1. The minimum atomic E-state index is 0.0334. The van der Waals surface area contributed by atoms with Crippen LogP contribution in [0.15, 0.2) is 30.3 Å². The number of ether oxygens (including phenoxy) is 2. The lowest BCUT2D eigenvalue weighted by Crippen LogP contribution is -1.94. The Morgan fingerprint density at radius 3 is 2.35 bits per heavy atom. The van der Waals surface area contributed by atoms with E-state index in [1.165, 1.54) is 14.2 Å². The first kappa shape index (κ1) is 14.1. The molecule has 0 amide bonds. The fourth-order valence-corrected chi connectivity index (χ4v) is 2.08. The van der Waals surface area contributed by atoms with Gasteiger partial charge in [0.2, 0.25) is 0 Å². The summed E-state index contributed by atoms with van der Waals surface area (Å²) in [5, 5.41) is 19.8. The van der Waals surface area contributed by atoms with Gasteiger partial charge < -0.3 is 19.7 Å². The second-order valence-corrected chi connectivity index (χ2v) is 4.45. The lowest BCUT2D eigenvalue weighted by Gasteiger charge is -2.12. The first-order valence-corrected chi connectivity index (χ1v) is 6.13. The molecule has 4 heteroatoms. The van der Waals surface area contributed by atoms with E-state index in [0.717, 1.165) is 11.1 Å². The molecule has 2 N–H and O–H groups in total. The molecule has 105 valence electrons. The van der Waals surface area contributed by atoms with Gasteiger partial charge in [0, 0.05) is 12.0 Å². The quantitative estimate of drug-likeness (QED) is 0.899. The van der Waals surface area contributed by atoms with Gasteiger partial charge >= 0.3 is 0 Å². The molecule has 0 aliphatic carbocycles. The number of phenolic OH excluding ortho intramolecular Hbond substituents is 2. The van der Waals surface area contributed by atoms with Crippen molar-refractivity contribution in [3.63, 3.8) is 0 Å². The zero-order chi connectivity index (χ0) is 14.7. The second-order valence-electron chi connectivity index (χ2n) is 4.45. The van der Waals surface area contributed by atoms with E-state index in [9.17, 15) is 10.2 Å². The van der Waals surface area contributed by atoms with Gasteiger partial charge in [-0.1, -0.05) is 18.2 Å². The molecule has 0 fully saturated rings. The highest BCUT2D eigenvalue weighted by Gasteiger charge is 2.11. The monoisotopic (exact) mass is 273 g/mol. The van der Waals surface area contributed by atoms with E-state index in [4.69, 9.17) is 9.47 Å². The fraction of sp³-hybridized carbons (Fsp3) is 0.188. The van der Waals surface area contributed by atoms with Gasteiger partial charge in [0.1, 0.15) is 0 Å². The molecule has 0 bridgehead atoms. The molecule has 0 atom stereocenters. The second kappa shape index (κ2) is 5.74. The average Bonchev–Trinajstić information content (AvgIpc) is 2.45. The van der Waals surface area contributed by atoms with Crippen LogP contribution in [-0.2, 0) is 6.42 Å². The molecule has 1 radical (unpaired) electrons. The number of aromatic hydroxyl groups is 2. The summed E-state index contributed by atoms with van der Waals surface area (Å²) in [7, 11) is 3.00. The minimum absolute atomic E-state index is 0.0334. The third-order valence-corrected chi connectivity index (χ3v) is 3.13. The highest BCUT2D eigenvalue weighted by atomic mass is 16.5. The van der Waals surface area contributed by atoms with Crippen LogP contribution >= 0.6 is 0 Å². The van der Waals surface area contributed by atoms with Gasteiger partial charge in [0.25, 0.3) is 0 Å². The Labute approximate surface area is 118 Å². The third kappa shape index (κ3) is 2.64. The lowest BCUT2D eigenvalue weighted by atomic mass is 10.0. The molecule has 0 aliphatic heterocycles. The van der Waals surface area contributed by atoms with E-state index < -0.39 is 0 Å². The molecular weight excluding hydrogens is 256 g/mol. The van der Waals surface area contributed by atoms with E-state index in [-0.39, 0.29) is 11.5 Å². The van der Waals surface area contributed by atoms with E-state index >= 15 is 0 Å². The Kier molecular flexibility index (Phi) is 4.03. The lowest BCUT2D eigenvalue weighted by molar-refractivity contribution is 0.370. The van der Waals surface area contributed by atoms with Gasteiger partial charge in [0.05, 0.1) is 14.2 Å². The fourth-order valence-electron chi connectivity index (χ4n) is 2.08. The highest BCUT2D eigenvalue weighted by molar-refractivity contribution is 5.52. The maximum absolute atomic E-state index is 10.1. The van der Waals surface area contributed by atoms with Crippen LogP contribution in [0.25, 0.3) is 0 Å². The Balaban J connectivity index is 2.38. The summed E-state index contributed by atoms with van der Waals surface area (Å²) in [5.41, 5.74) is 2.10. The summed E-state index contributed by atoms with van der Waals surface area (Å²) >= 11 is 0. The van der Waals surface area contributed by atoms with E-state index in [1.807, 2.05) is 12.1 Å². The molecule has 0 heterocycles. The van der Waals surface area contributed by atoms with Crippen LogP contribution in [0, 0.1) is 6.92 Å². The third-order valence-electron chi connectivity index (χ3n) is 3.13. The van der Waals surface area contributed by atoms with Crippen molar-refractivity contribution >= 4 is 0 Å². The molecule has 0 aliphatic rings. The van der Waals surface area contributed by atoms with Crippen molar-refractivity contribution in [2.24, 2.45) is 0 Å². The van der Waals surface area contributed by atoms with Gasteiger partial charge in [-0.05, 0) is 30.2 Å². The predicted octanol–water partition coefficient (Wildman–Crippen LogP) is 2.89. The highest BCUT2D eigenvalue weighted by Crippen LogP contribution is 2.34. The summed E-state index contributed by atoms with van der Waals surface area (Å²) in [6.45, 7) is 3.77. The topological polar surface area (TPSA) is 58.9 Å². The van der Waals surface area contributed by atoms with E-state index in [1.54, 1.807) is 18.2 Å². The van der Waals surface area contributed by atoms with Crippen LogP contribution < -0.4 is 9.47 Å². The van der Waals surface area contributed by atoms with Crippen molar-refractivity contribution in [3.8, 4) is 23.0 Å². The molecule has 2 aromatic rings. The van der Waals surface area contributed by atoms with Crippen molar-refractivity contribution in [1.82, 2.24) is 0 Å². The minimum Gasteiger partial charge on any atom is -0.504 e. The molecule has 20 heavy (non-hydrogen) atoms. The maximum Gasteiger partial charge on any atom is 0.161 e. The molecular formula is C16H17O4. The van der Waals surface area contributed by atoms with Crippen molar-refractivity contribution in [2.75, 3.05) is 14.2 Å². The molecule has 0 aromatic heterocycles. The number of rotatable bonds is 4. The smallest absolute Gasteiger partial charge is 0.161 e. The number of phenols is 2. The van der Waals surface area contributed by atoms with Gasteiger partial charge in [-0.15, -0.1) is 0 Å². The summed E-state index contributed by atoms with van der Waals surface area (Å²) in [4.78, 5) is 0. The van der Waals surface area contributed by atoms with Gasteiger partial charge in [0.15, 0.2) is 23.0 Å². The van der Waals surface area contributed by atoms with Crippen LogP contribution in [0.1, 0.15) is 16.7 Å². The molecule has 0 spiro atoms. The molecule has 0 saturated carbocycles. The summed E-state index contributed by atoms with van der Waals surface area (Å²) in [5.74, 6) is 0.955. The van der Waals surface area contributed by atoms with Crippen molar-refractivity contribution in [1.29, 1.82) is 0 Å². The van der Waals surface area contributed by atoms with E-state index in [2.05, 4.69) is 6.92 Å². The standard InChI is InChI=1S/C16H17O4/c1-10-7-11(9-14(20-3)15(10)17)8-12-5-4-6-13(19-2)16(12)18/h4-7,9,17-18H,1,8H2,2-3H3. The van der Waals surface area contributed by atoms with Gasteiger partial charge in [-0.3, -0.25) is 0 Å². The Bertz CT molecular complexity index is 620. The molecule has 2 rings (SSSR count). The first-order chi connectivity index (χ1) is 9.56. The largest absolute Gasteiger partial charge is 0.504 e. The number of benzene rings is 2. The Hall–Kier alpha value is -2.36. The van der Waals surface area contributed by atoms with Gasteiger partial charge in [-0.2, -0.15) is 0 Å².